The molecule has 0 atom stereocenters. The van der Waals surface area contributed by atoms with E-state index in [1.807, 2.05) is 49.5 Å². The summed E-state index contributed by atoms with van der Waals surface area (Å²) >= 11 is 0. The second-order valence-electron chi connectivity index (χ2n) is 7.93. The lowest BCUT2D eigenvalue weighted by molar-refractivity contribution is 0.100. The van der Waals surface area contributed by atoms with Gasteiger partial charge in [-0.05, 0) is 59.7 Å². The minimum absolute atomic E-state index is 0.149. The zero-order valence-corrected chi connectivity index (χ0v) is 17.4. The Hall–Kier alpha value is -2.80. The summed E-state index contributed by atoms with van der Waals surface area (Å²) in [7, 11) is 1.03. The van der Waals surface area contributed by atoms with Gasteiger partial charge in [-0.1, -0.05) is 12.1 Å². The molecule has 0 spiro atoms. The zero-order chi connectivity index (χ0) is 20.8. The summed E-state index contributed by atoms with van der Waals surface area (Å²) in [6, 6.07) is 12.0. The maximum atomic E-state index is 12.2. The van der Waals surface area contributed by atoms with Crippen LogP contribution in [-0.4, -0.2) is 44.9 Å². The van der Waals surface area contributed by atoms with E-state index < -0.39 is 15.7 Å². The number of benzene rings is 2. The molecule has 7 heteroatoms. The van der Waals surface area contributed by atoms with Crippen LogP contribution in [0.5, 0.6) is 0 Å². The number of amides is 1. The fraction of sp³-hybridized carbons (Fsp3) is 0.318. The molecule has 3 aromatic rings. The molecule has 0 radical (unpaired) electrons. The number of primary amides is 1. The van der Waals surface area contributed by atoms with Gasteiger partial charge in [0.2, 0.25) is 0 Å². The first-order valence-electron chi connectivity index (χ1n) is 9.68. The Bertz CT molecular complexity index is 1180. The third kappa shape index (κ3) is 3.74. The number of nitrogens with zero attached hydrogens (tertiary/aromatic N) is 1. The van der Waals surface area contributed by atoms with Crippen molar-refractivity contribution in [1.82, 2.24) is 4.98 Å². The van der Waals surface area contributed by atoms with E-state index in [1.165, 1.54) is 0 Å². The highest BCUT2D eigenvalue weighted by atomic mass is 32.2. The first-order chi connectivity index (χ1) is 13.7. The first kappa shape index (κ1) is 19.5. The number of carbonyl (C=O) groups is 1. The predicted molar refractivity (Wildman–Crippen MR) is 117 cm³/mol. The van der Waals surface area contributed by atoms with E-state index in [0.717, 1.165) is 27.8 Å². The molecule has 4 rings (SSSR count). The summed E-state index contributed by atoms with van der Waals surface area (Å²) in [6.45, 7) is 0. The molecule has 1 aliphatic heterocycles. The molecular weight excluding hydrogens is 386 g/mol. The first-order valence-corrected chi connectivity index (χ1v) is 11.5. The van der Waals surface area contributed by atoms with Crippen molar-refractivity contribution < 1.29 is 13.2 Å². The van der Waals surface area contributed by atoms with Crippen LogP contribution in [0.1, 0.15) is 34.7 Å². The second kappa shape index (κ2) is 7.22. The van der Waals surface area contributed by atoms with Crippen LogP contribution < -0.4 is 10.6 Å². The van der Waals surface area contributed by atoms with Crippen molar-refractivity contribution in [2.75, 3.05) is 30.5 Å². The van der Waals surface area contributed by atoms with Gasteiger partial charge in [0.15, 0.2) is 0 Å². The molecule has 1 saturated heterocycles. The number of hydrogen-bond donors (Lipinski definition) is 2. The number of nitrogens with two attached hydrogens (primary N) is 1. The number of nitrogens with one attached hydrogen (secondary N) is 1. The number of rotatable bonds is 4. The predicted octanol–water partition coefficient (Wildman–Crippen LogP) is 3.29. The molecule has 2 aromatic carbocycles. The van der Waals surface area contributed by atoms with Crippen LogP contribution in [0.25, 0.3) is 22.0 Å². The molecule has 0 saturated carbocycles. The largest absolute Gasteiger partial charge is 0.378 e. The van der Waals surface area contributed by atoms with Gasteiger partial charge in [-0.25, -0.2) is 8.42 Å². The summed E-state index contributed by atoms with van der Waals surface area (Å²) in [5, 5.41) is 0.941. The number of carbonyl (C=O) groups excluding carboxylic acids is 1. The fourth-order valence-corrected chi connectivity index (χ4v) is 5.61. The maximum Gasteiger partial charge on any atom is 0.250 e. The monoisotopic (exact) mass is 411 g/mol. The van der Waals surface area contributed by atoms with Gasteiger partial charge in [0.25, 0.3) is 5.91 Å². The van der Waals surface area contributed by atoms with Gasteiger partial charge in [0, 0.05) is 31.4 Å². The summed E-state index contributed by atoms with van der Waals surface area (Å²) in [4.78, 5) is 17.4. The Kier molecular flexibility index (Phi) is 4.86. The average Bonchev–Trinajstić information content (AvgIpc) is 3.11. The summed E-state index contributed by atoms with van der Waals surface area (Å²) in [5.41, 5.74) is 10.9. The van der Waals surface area contributed by atoms with Gasteiger partial charge in [-0.2, -0.15) is 0 Å². The van der Waals surface area contributed by atoms with E-state index in [9.17, 15) is 13.2 Å². The van der Waals surface area contributed by atoms with Crippen molar-refractivity contribution in [3.63, 3.8) is 0 Å². The molecule has 152 valence electrons. The quantitative estimate of drug-likeness (QED) is 0.688. The minimum Gasteiger partial charge on any atom is -0.378 e. The summed E-state index contributed by atoms with van der Waals surface area (Å²) in [5.74, 6) is 0.0754. The lowest BCUT2D eigenvalue weighted by atomic mass is 9.91. The third-order valence-electron chi connectivity index (χ3n) is 5.78. The van der Waals surface area contributed by atoms with Gasteiger partial charge < -0.3 is 15.6 Å². The van der Waals surface area contributed by atoms with Gasteiger partial charge in [-0.15, -0.1) is 0 Å². The molecule has 2 heterocycles. The Labute approximate surface area is 170 Å². The average molecular weight is 412 g/mol. The standard InChI is InChI=1S/C22H25N3O3S/c1-25(2)17-5-3-4-15(10-17)16-11-18-20(14-6-8-29(27,28)9-7-14)13-24-21(18)19(12-16)22(23)26/h3-5,10-14,24H,6-9H2,1-2H3,(H2,23,26). The Morgan fingerprint density at radius 2 is 1.83 bits per heavy atom. The van der Waals surface area contributed by atoms with Crippen LogP contribution in [0.3, 0.4) is 0 Å². The fourth-order valence-electron chi connectivity index (χ4n) is 4.12. The highest BCUT2D eigenvalue weighted by Gasteiger charge is 2.27. The van der Waals surface area contributed by atoms with E-state index in [1.54, 1.807) is 0 Å². The normalized spacial score (nSPS) is 16.8. The second-order valence-corrected chi connectivity index (χ2v) is 10.2. The van der Waals surface area contributed by atoms with E-state index in [2.05, 4.69) is 17.1 Å². The summed E-state index contributed by atoms with van der Waals surface area (Å²) in [6.07, 6.45) is 3.10. The molecule has 3 N–H and O–H groups in total. The highest BCUT2D eigenvalue weighted by Crippen LogP contribution is 2.37. The number of fused-ring (bicyclic) bond motifs is 1. The number of anilines is 1. The number of hydrogen-bond acceptors (Lipinski definition) is 4. The number of sulfone groups is 1. The highest BCUT2D eigenvalue weighted by molar-refractivity contribution is 7.91. The molecule has 29 heavy (non-hydrogen) atoms. The van der Waals surface area contributed by atoms with Crippen LogP contribution >= 0.6 is 0 Å². The van der Waals surface area contributed by atoms with Crippen LogP contribution in [0.15, 0.2) is 42.6 Å². The smallest absolute Gasteiger partial charge is 0.250 e. The van der Waals surface area contributed by atoms with E-state index >= 15 is 0 Å². The molecule has 6 nitrogen and oxygen atoms in total. The molecule has 1 aromatic heterocycles. The van der Waals surface area contributed by atoms with Crippen LogP contribution in [0, 0.1) is 0 Å². The van der Waals surface area contributed by atoms with Crippen LogP contribution in [0.2, 0.25) is 0 Å². The Morgan fingerprint density at radius 1 is 1.10 bits per heavy atom. The summed E-state index contributed by atoms with van der Waals surface area (Å²) < 4.78 is 23.7. The molecule has 1 amide bonds. The molecule has 1 fully saturated rings. The molecule has 1 aliphatic rings. The lowest BCUT2D eigenvalue weighted by Crippen LogP contribution is -2.22. The van der Waals surface area contributed by atoms with Gasteiger partial charge in [0.05, 0.1) is 22.6 Å². The van der Waals surface area contributed by atoms with E-state index in [0.29, 0.717) is 23.9 Å². The van der Waals surface area contributed by atoms with Crippen molar-refractivity contribution in [2.24, 2.45) is 5.73 Å². The molecule has 0 aliphatic carbocycles. The molecule has 0 bridgehead atoms. The van der Waals surface area contributed by atoms with Crippen LogP contribution in [0.4, 0.5) is 5.69 Å². The lowest BCUT2D eigenvalue weighted by Gasteiger charge is -2.21. The molecular formula is C22H25N3O3S. The number of H-pyrrole nitrogens is 1. The van der Waals surface area contributed by atoms with Crippen molar-refractivity contribution in [3.8, 4) is 11.1 Å². The van der Waals surface area contributed by atoms with Crippen molar-refractivity contribution in [1.29, 1.82) is 0 Å². The van der Waals surface area contributed by atoms with Gasteiger partial charge in [0.1, 0.15) is 9.84 Å². The van der Waals surface area contributed by atoms with Crippen LogP contribution in [-0.2, 0) is 9.84 Å². The number of aromatic nitrogens is 1. The minimum atomic E-state index is -2.93. The maximum absolute atomic E-state index is 12.2. The third-order valence-corrected chi connectivity index (χ3v) is 7.49. The molecule has 0 unspecified atom stereocenters. The topological polar surface area (TPSA) is 96.3 Å². The zero-order valence-electron chi connectivity index (χ0n) is 16.6. The Morgan fingerprint density at radius 3 is 2.48 bits per heavy atom. The van der Waals surface area contributed by atoms with Crippen molar-refractivity contribution in [3.05, 3.63) is 53.7 Å². The van der Waals surface area contributed by atoms with Gasteiger partial charge in [-0.3, -0.25) is 4.79 Å². The number of aromatic amines is 1. The van der Waals surface area contributed by atoms with E-state index in [-0.39, 0.29) is 17.4 Å². The van der Waals surface area contributed by atoms with E-state index in [4.69, 9.17) is 5.73 Å². The van der Waals surface area contributed by atoms with Crippen molar-refractivity contribution >= 4 is 32.3 Å². The Balaban J connectivity index is 1.85. The van der Waals surface area contributed by atoms with Crippen molar-refractivity contribution in [2.45, 2.75) is 18.8 Å². The van der Waals surface area contributed by atoms with Gasteiger partial charge >= 0.3 is 0 Å². The SMILES string of the molecule is CN(C)c1cccc(-c2cc(C(N)=O)c3[nH]cc(C4CCS(=O)(=O)CC4)c3c2)c1.